The standard InChI is InChI=1S/C20H19N3O/c24-19(13-15-5-2-1-3-6-15)23-14-17(16-8-11-21-12-9-16)20-18(23)7-4-10-22-20/h1-8,10,14,21H,9,11-13H2. The molecule has 1 N–H and O–H groups in total. The van der Waals surface area contributed by atoms with Crippen molar-refractivity contribution in [1.29, 1.82) is 0 Å². The second kappa shape index (κ2) is 6.42. The van der Waals surface area contributed by atoms with Gasteiger partial charge in [0.25, 0.3) is 0 Å². The number of aromatic nitrogens is 2. The lowest BCUT2D eigenvalue weighted by atomic mass is 10.0. The van der Waals surface area contributed by atoms with Gasteiger partial charge in [-0.25, -0.2) is 0 Å². The van der Waals surface area contributed by atoms with Gasteiger partial charge in [-0.2, -0.15) is 0 Å². The van der Waals surface area contributed by atoms with Crippen LogP contribution in [0.3, 0.4) is 0 Å². The highest BCUT2D eigenvalue weighted by Crippen LogP contribution is 2.28. The SMILES string of the molecule is O=C(Cc1ccccc1)n1cc(C2=CCNCC2)c2ncccc21. The highest BCUT2D eigenvalue weighted by Gasteiger charge is 2.18. The lowest BCUT2D eigenvalue weighted by Gasteiger charge is -2.12. The molecule has 4 rings (SSSR count). The average Bonchev–Trinajstić information content (AvgIpc) is 3.03. The van der Waals surface area contributed by atoms with Crippen LogP contribution < -0.4 is 5.32 Å². The van der Waals surface area contributed by atoms with Crippen LogP contribution in [-0.2, 0) is 6.42 Å². The molecule has 4 heteroatoms. The van der Waals surface area contributed by atoms with E-state index in [1.165, 1.54) is 5.57 Å². The molecule has 0 saturated heterocycles. The highest BCUT2D eigenvalue weighted by atomic mass is 16.2. The largest absolute Gasteiger partial charge is 0.313 e. The molecule has 1 aliphatic rings. The summed E-state index contributed by atoms with van der Waals surface area (Å²) in [5, 5.41) is 3.32. The van der Waals surface area contributed by atoms with Gasteiger partial charge in [-0.15, -0.1) is 0 Å². The number of rotatable bonds is 3. The van der Waals surface area contributed by atoms with Crippen molar-refractivity contribution in [2.24, 2.45) is 0 Å². The molecular weight excluding hydrogens is 298 g/mol. The van der Waals surface area contributed by atoms with E-state index in [4.69, 9.17) is 0 Å². The summed E-state index contributed by atoms with van der Waals surface area (Å²) in [7, 11) is 0. The molecule has 0 spiro atoms. The zero-order chi connectivity index (χ0) is 16.4. The Bertz CT molecular complexity index is 909. The monoisotopic (exact) mass is 317 g/mol. The number of fused-ring (bicyclic) bond motifs is 1. The van der Waals surface area contributed by atoms with E-state index in [1.54, 1.807) is 10.8 Å². The molecule has 0 aliphatic carbocycles. The summed E-state index contributed by atoms with van der Waals surface area (Å²) in [5.74, 6) is 0.0694. The first kappa shape index (κ1) is 14.8. The van der Waals surface area contributed by atoms with Crippen molar-refractivity contribution < 1.29 is 4.79 Å². The Hall–Kier alpha value is -2.72. The number of carbonyl (C=O) groups is 1. The molecule has 1 aliphatic heterocycles. The molecule has 120 valence electrons. The molecule has 0 unspecified atom stereocenters. The third kappa shape index (κ3) is 2.76. The summed E-state index contributed by atoms with van der Waals surface area (Å²) >= 11 is 0. The van der Waals surface area contributed by atoms with Crippen LogP contribution in [0.25, 0.3) is 16.6 Å². The second-order valence-corrected chi connectivity index (χ2v) is 6.02. The van der Waals surface area contributed by atoms with E-state index in [1.807, 2.05) is 48.7 Å². The number of nitrogens with one attached hydrogen (secondary N) is 1. The maximum absolute atomic E-state index is 12.8. The molecule has 0 amide bonds. The molecule has 2 aromatic heterocycles. The predicted molar refractivity (Wildman–Crippen MR) is 96.0 cm³/mol. The third-order valence-electron chi connectivity index (χ3n) is 4.44. The van der Waals surface area contributed by atoms with Crippen LogP contribution in [0.1, 0.15) is 22.3 Å². The fourth-order valence-corrected chi connectivity index (χ4v) is 3.22. The van der Waals surface area contributed by atoms with Crippen molar-refractivity contribution in [1.82, 2.24) is 14.9 Å². The molecule has 1 aromatic carbocycles. The Morgan fingerprint density at radius 3 is 2.83 bits per heavy atom. The molecule has 0 saturated carbocycles. The Labute approximate surface area is 140 Å². The van der Waals surface area contributed by atoms with Crippen LogP contribution in [-0.4, -0.2) is 28.5 Å². The number of carbonyl (C=O) groups excluding carboxylic acids is 1. The fraction of sp³-hybridized carbons (Fsp3) is 0.200. The van der Waals surface area contributed by atoms with Gasteiger partial charge in [-0.1, -0.05) is 36.4 Å². The van der Waals surface area contributed by atoms with E-state index in [2.05, 4.69) is 16.4 Å². The number of hydrogen-bond acceptors (Lipinski definition) is 3. The van der Waals surface area contributed by atoms with Crippen molar-refractivity contribution in [3.63, 3.8) is 0 Å². The molecule has 24 heavy (non-hydrogen) atoms. The van der Waals surface area contributed by atoms with Gasteiger partial charge in [0.15, 0.2) is 0 Å². The smallest absolute Gasteiger partial charge is 0.235 e. The zero-order valence-electron chi connectivity index (χ0n) is 13.4. The predicted octanol–water partition coefficient (Wildman–Crippen LogP) is 3.30. The summed E-state index contributed by atoms with van der Waals surface area (Å²) < 4.78 is 1.76. The molecule has 3 heterocycles. The molecule has 4 nitrogen and oxygen atoms in total. The summed E-state index contributed by atoms with van der Waals surface area (Å²) in [4.78, 5) is 17.4. The van der Waals surface area contributed by atoms with E-state index >= 15 is 0 Å². The van der Waals surface area contributed by atoms with E-state index in [0.717, 1.165) is 41.7 Å². The first-order chi connectivity index (χ1) is 11.8. The average molecular weight is 317 g/mol. The van der Waals surface area contributed by atoms with E-state index < -0.39 is 0 Å². The van der Waals surface area contributed by atoms with Crippen LogP contribution in [0, 0.1) is 0 Å². The fourth-order valence-electron chi connectivity index (χ4n) is 3.22. The molecule has 3 aromatic rings. The first-order valence-corrected chi connectivity index (χ1v) is 8.26. The van der Waals surface area contributed by atoms with Gasteiger partial charge >= 0.3 is 0 Å². The van der Waals surface area contributed by atoms with Crippen LogP contribution in [0.2, 0.25) is 0 Å². The Balaban J connectivity index is 1.75. The molecule has 0 atom stereocenters. The first-order valence-electron chi connectivity index (χ1n) is 8.26. The number of nitrogens with zero attached hydrogens (tertiary/aromatic N) is 2. The Kier molecular flexibility index (Phi) is 3.97. The van der Waals surface area contributed by atoms with Crippen LogP contribution in [0.15, 0.2) is 60.9 Å². The van der Waals surface area contributed by atoms with Crippen LogP contribution in [0.4, 0.5) is 0 Å². The number of benzene rings is 1. The van der Waals surface area contributed by atoms with Gasteiger partial charge in [-0.3, -0.25) is 14.3 Å². The Morgan fingerprint density at radius 2 is 2.04 bits per heavy atom. The third-order valence-corrected chi connectivity index (χ3v) is 4.44. The van der Waals surface area contributed by atoms with Gasteiger partial charge in [0, 0.05) is 24.5 Å². The van der Waals surface area contributed by atoms with Gasteiger partial charge in [0.2, 0.25) is 5.91 Å². The number of hydrogen-bond donors (Lipinski definition) is 1. The minimum atomic E-state index is 0.0694. The van der Waals surface area contributed by atoms with Crippen molar-refractivity contribution >= 4 is 22.5 Å². The zero-order valence-corrected chi connectivity index (χ0v) is 13.4. The summed E-state index contributed by atoms with van der Waals surface area (Å²) in [5.41, 5.74) is 5.16. The number of pyridine rings is 1. The molecule has 0 fully saturated rings. The highest BCUT2D eigenvalue weighted by molar-refractivity contribution is 5.98. The second-order valence-electron chi connectivity index (χ2n) is 6.02. The summed E-state index contributed by atoms with van der Waals surface area (Å²) in [6.07, 6.45) is 7.29. The van der Waals surface area contributed by atoms with Crippen molar-refractivity contribution in [2.75, 3.05) is 13.1 Å². The molecule has 0 bridgehead atoms. The maximum atomic E-state index is 12.8. The van der Waals surface area contributed by atoms with Gasteiger partial charge in [-0.05, 0) is 36.2 Å². The van der Waals surface area contributed by atoms with Crippen LogP contribution >= 0.6 is 0 Å². The quantitative estimate of drug-likeness (QED) is 0.806. The van der Waals surface area contributed by atoms with Crippen molar-refractivity contribution in [3.05, 3.63) is 72.1 Å². The lowest BCUT2D eigenvalue weighted by molar-refractivity contribution is 0.0919. The normalized spacial score (nSPS) is 14.6. The van der Waals surface area contributed by atoms with E-state index in [-0.39, 0.29) is 5.91 Å². The Morgan fingerprint density at radius 1 is 1.17 bits per heavy atom. The molecular formula is C20H19N3O. The van der Waals surface area contributed by atoms with Crippen LogP contribution in [0.5, 0.6) is 0 Å². The topological polar surface area (TPSA) is 46.9 Å². The van der Waals surface area contributed by atoms with Gasteiger partial charge < -0.3 is 5.32 Å². The van der Waals surface area contributed by atoms with E-state index in [9.17, 15) is 4.79 Å². The molecule has 0 radical (unpaired) electrons. The maximum Gasteiger partial charge on any atom is 0.235 e. The van der Waals surface area contributed by atoms with Gasteiger partial charge in [0.05, 0.1) is 17.5 Å². The van der Waals surface area contributed by atoms with E-state index in [0.29, 0.717) is 6.42 Å². The van der Waals surface area contributed by atoms with Gasteiger partial charge in [0.1, 0.15) is 0 Å². The van der Waals surface area contributed by atoms with Crippen molar-refractivity contribution in [3.8, 4) is 0 Å². The summed E-state index contributed by atoms with van der Waals surface area (Å²) in [6.45, 7) is 1.83. The minimum absolute atomic E-state index is 0.0694. The lowest BCUT2D eigenvalue weighted by Crippen LogP contribution is -2.20. The van der Waals surface area contributed by atoms with Crippen molar-refractivity contribution in [2.45, 2.75) is 12.8 Å². The minimum Gasteiger partial charge on any atom is -0.313 e. The summed E-state index contributed by atoms with van der Waals surface area (Å²) in [6, 6.07) is 13.7.